The quantitative estimate of drug-likeness (QED) is 0.838. The zero-order valence-corrected chi connectivity index (χ0v) is 12.6. The number of hydrogen-bond donors (Lipinski definition) is 0. The summed E-state index contributed by atoms with van der Waals surface area (Å²) in [4.78, 5) is 10.9. The van der Waals surface area contributed by atoms with E-state index in [9.17, 15) is 0 Å². The molecule has 0 atom stereocenters. The Balaban J connectivity index is 1.88. The van der Waals surface area contributed by atoms with E-state index in [4.69, 9.17) is 4.74 Å². The normalized spacial score (nSPS) is 10.4. The Labute approximate surface area is 120 Å². The SMILES string of the molecule is Cc1ccc(OCCN(C)c2nc(C)cc(C)n2)cc1. The fourth-order valence-electron chi connectivity index (χ4n) is 1.91. The van der Waals surface area contributed by atoms with E-state index in [1.807, 2.05) is 56.1 Å². The lowest BCUT2D eigenvalue weighted by molar-refractivity contribution is 0.325. The summed E-state index contributed by atoms with van der Waals surface area (Å²) in [7, 11) is 1.98. The van der Waals surface area contributed by atoms with Crippen LogP contribution < -0.4 is 9.64 Å². The van der Waals surface area contributed by atoms with Gasteiger partial charge in [-0.1, -0.05) is 17.7 Å². The summed E-state index contributed by atoms with van der Waals surface area (Å²) in [6.45, 7) is 7.38. The average Bonchev–Trinajstić information content (AvgIpc) is 2.40. The van der Waals surface area contributed by atoms with E-state index in [0.717, 1.165) is 29.6 Å². The van der Waals surface area contributed by atoms with Crippen molar-refractivity contribution >= 4 is 5.95 Å². The van der Waals surface area contributed by atoms with E-state index >= 15 is 0 Å². The van der Waals surface area contributed by atoms with Crippen molar-refractivity contribution in [1.82, 2.24) is 9.97 Å². The molecule has 1 heterocycles. The van der Waals surface area contributed by atoms with Crippen LogP contribution in [0.4, 0.5) is 5.95 Å². The van der Waals surface area contributed by atoms with Gasteiger partial charge in [0, 0.05) is 18.4 Å². The summed E-state index contributed by atoms with van der Waals surface area (Å²) >= 11 is 0. The minimum Gasteiger partial charge on any atom is -0.492 e. The summed E-state index contributed by atoms with van der Waals surface area (Å²) in [5.74, 6) is 1.64. The Bertz CT molecular complexity index is 546. The van der Waals surface area contributed by atoms with Crippen molar-refractivity contribution in [2.24, 2.45) is 0 Å². The number of anilines is 1. The number of hydrogen-bond acceptors (Lipinski definition) is 4. The topological polar surface area (TPSA) is 38.2 Å². The van der Waals surface area contributed by atoms with Gasteiger partial charge in [0.2, 0.25) is 5.95 Å². The third-order valence-corrected chi connectivity index (χ3v) is 3.03. The number of ether oxygens (including phenoxy) is 1. The smallest absolute Gasteiger partial charge is 0.225 e. The summed E-state index contributed by atoms with van der Waals surface area (Å²) in [5, 5.41) is 0. The summed E-state index contributed by atoms with van der Waals surface area (Å²) < 4.78 is 5.72. The Morgan fingerprint density at radius 3 is 2.20 bits per heavy atom. The number of rotatable bonds is 5. The maximum Gasteiger partial charge on any atom is 0.225 e. The molecule has 2 aromatic rings. The second kappa shape index (κ2) is 6.37. The van der Waals surface area contributed by atoms with Crippen LogP contribution in [0.2, 0.25) is 0 Å². The first-order valence-corrected chi connectivity index (χ1v) is 6.77. The van der Waals surface area contributed by atoms with Crippen LogP contribution in [0.5, 0.6) is 5.75 Å². The molecule has 0 fully saturated rings. The average molecular weight is 271 g/mol. The number of aryl methyl sites for hydroxylation is 3. The Kier molecular flexibility index (Phi) is 4.56. The van der Waals surface area contributed by atoms with Gasteiger partial charge in [0.25, 0.3) is 0 Å². The summed E-state index contributed by atoms with van der Waals surface area (Å²) in [6.07, 6.45) is 0. The van der Waals surface area contributed by atoms with E-state index in [1.54, 1.807) is 0 Å². The van der Waals surface area contributed by atoms with E-state index in [1.165, 1.54) is 5.56 Å². The van der Waals surface area contributed by atoms with Crippen molar-refractivity contribution in [2.75, 3.05) is 25.1 Å². The lowest BCUT2D eigenvalue weighted by atomic mass is 10.2. The third-order valence-electron chi connectivity index (χ3n) is 3.03. The Morgan fingerprint density at radius 1 is 1.00 bits per heavy atom. The highest BCUT2D eigenvalue weighted by molar-refractivity contribution is 5.31. The first-order valence-electron chi connectivity index (χ1n) is 6.77. The van der Waals surface area contributed by atoms with Gasteiger partial charge < -0.3 is 9.64 Å². The van der Waals surface area contributed by atoms with Crippen LogP contribution in [0.3, 0.4) is 0 Å². The van der Waals surface area contributed by atoms with Crippen molar-refractivity contribution in [1.29, 1.82) is 0 Å². The van der Waals surface area contributed by atoms with Crippen LogP contribution in [-0.4, -0.2) is 30.2 Å². The fourth-order valence-corrected chi connectivity index (χ4v) is 1.91. The van der Waals surface area contributed by atoms with Crippen LogP contribution in [0.25, 0.3) is 0 Å². The third kappa shape index (κ3) is 3.95. The van der Waals surface area contributed by atoms with E-state index in [0.29, 0.717) is 6.61 Å². The molecule has 0 N–H and O–H groups in total. The maximum atomic E-state index is 5.72. The highest BCUT2D eigenvalue weighted by atomic mass is 16.5. The highest BCUT2D eigenvalue weighted by Crippen LogP contribution is 2.12. The van der Waals surface area contributed by atoms with Gasteiger partial charge in [0.1, 0.15) is 12.4 Å². The maximum absolute atomic E-state index is 5.72. The van der Waals surface area contributed by atoms with Gasteiger partial charge in [-0.05, 0) is 39.0 Å². The minimum atomic E-state index is 0.607. The van der Waals surface area contributed by atoms with Crippen molar-refractivity contribution in [3.05, 3.63) is 47.3 Å². The molecule has 0 unspecified atom stereocenters. The molecular weight excluding hydrogens is 250 g/mol. The summed E-state index contributed by atoms with van der Waals surface area (Å²) in [6, 6.07) is 10.0. The number of aromatic nitrogens is 2. The molecule has 0 aliphatic carbocycles. The molecule has 0 aliphatic rings. The molecule has 0 radical (unpaired) electrons. The highest BCUT2D eigenvalue weighted by Gasteiger charge is 2.06. The molecule has 1 aromatic heterocycles. The molecule has 2 rings (SSSR count). The molecule has 0 saturated carbocycles. The first-order chi connectivity index (χ1) is 9.54. The van der Waals surface area contributed by atoms with Crippen LogP contribution in [0.1, 0.15) is 17.0 Å². The second-order valence-electron chi connectivity index (χ2n) is 5.03. The van der Waals surface area contributed by atoms with Crippen molar-refractivity contribution < 1.29 is 4.74 Å². The molecule has 0 saturated heterocycles. The molecular formula is C16H21N3O. The summed E-state index contributed by atoms with van der Waals surface area (Å²) in [5.41, 5.74) is 3.20. The lowest BCUT2D eigenvalue weighted by Crippen LogP contribution is -2.26. The fraction of sp³-hybridized carbons (Fsp3) is 0.375. The molecule has 4 nitrogen and oxygen atoms in total. The Morgan fingerprint density at radius 2 is 1.60 bits per heavy atom. The van der Waals surface area contributed by atoms with Gasteiger partial charge in [0.15, 0.2) is 0 Å². The molecule has 0 amide bonds. The number of likely N-dealkylation sites (N-methyl/N-ethyl adjacent to an activating group) is 1. The van der Waals surface area contributed by atoms with Crippen LogP contribution in [0.15, 0.2) is 30.3 Å². The second-order valence-corrected chi connectivity index (χ2v) is 5.03. The molecule has 0 aliphatic heterocycles. The molecule has 1 aromatic carbocycles. The lowest BCUT2D eigenvalue weighted by Gasteiger charge is -2.18. The van der Waals surface area contributed by atoms with Crippen LogP contribution >= 0.6 is 0 Å². The van der Waals surface area contributed by atoms with E-state index in [-0.39, 0.29) is 0 Å². The van der Waals surface area contributed by atoms with E-state index < -0.39 is 0 Å². The van der Waals surface area contributed by atoms with Gasteiger partial charge in [-0.25, -0.2) is 9.97 Å². The largest absolute Gasteiger partial charge is 0.492 e. The zero-order chi connectivity index (χ0) is 14.5. The zero-order valence-electron chi connectivity index (χ0n) is 12.6. The monoisotopic (exact) mass is 271 g/mol. The van der Waals surface area contributed by atoms with Crippen molar-refractivity contribution in [3.63, 3.8) is 0 Å². The predicted molar refractivity (Wildman–Crippen MR) is 81.5 cm³/mol. The van der Waals surface area contributed by atoms with Gasteiger partial charge >= 0.3 is 0 Å². The van der Waals surface area contributed by atoms with Gasteiger partial charge in [0.05, 0.1) is 6.54 Å². The van der Waals surface area contributed by atoms with Crippen LogP contribution in [-0.2, 0) is 0 Å². The molecule has 106 valence electrons. The first kappa shape index (κ1) is 14.3. The molecule has 0 spiro atoms. The number of nitrogens with zero attached hydrogens (tertiary/aromatic N) is 3. The standard InChI is InChI=1S/C16H21N3O/c1-12-5-7-15(8-6-12)20-10-9-19(4)16-17-13(2)11-14(3)18-16/h5-8,11H,9-10H2,1-4H3. The van der Waals surface area contributed by atoms with Crippen LogP contribution in [0, 0.1) is 20.8 Å². The van der Waals surface area contributed by atoms with Gasteiger partial charge in [-0.2, -0.15) is 0 Å². The van der Waals surface area contributed by atoms with E-state index in [2.05, 4.69) is 16.9 Å². The van der Waals surface area contributed by atoms with Crippen molar-refractivity contribution in [2.45, 2.75) is 20.8 Å². The van der Waals surface area contributed by atoms with Gasteiger partial charge in [-0.3, -0.25) is 0 Å². The molecule has 20 heavy (non-hydrogen) atoms. The van der Waals surface area contributed by atoms with Gasteiger partial charge in [-0.15, -0.1) is 0 Å². The molecule has 0 bridgehead atoms. The van der Waals surface area contributed by atoms with Crippen molar-refractivity contribution in [3.8, 4) is 5.75 Å². The predicted octanol–water partition coefficient (Wildman–Crippen LogP) is 2.92. The minimum absolute atomic E-state index is 0.607. The number of benzene rings is 1. The Hall–Kier alpha value is -2.10. The molecule has 4 heteroatoms.